The van der Waals surface area contributed by atoms with Crippen molar-refractivity contribution in [1.29, 1.82) is 0 Å². The van der Waals surface area contributed by atoms with Crippen LogP contribution in [0.15, 0.2) is 69.2 Å². The van der Waals surface area contributed by atoms with Crippen LogP contribution in [0.1, 0.15) is 138 Å². The van der Waals surface area contributed by atoms with Crippen molar-refractivity contribution in [3.63, 3.8) is 0 Å². The first-order chi connectivity index (χ1) is 53.0. The SMILES string of the molecule is C=C(NC(=O)c1csc(-c2nc3c(cc2OCCCS(=O)(=O)O)-c2nc(cs2)C(=O)N[C@@H]([C@@H](C)O)C(=O)N/C(=C(\C)OC)c2nc(cs2)C(=O)N[C@@H]2c4nc(cs4)C(=O)N[C@@H](COC(=O)c4c5c6c(cccc6n4OCCCS(=O)(=O)O)COC(=O)[C@@H](O[C@H]4C[C@](C)(O)[C@H](N(C)C)[C@H](C)O4)[C@H]2OC5)c2nc-3cs2)n1)C(N)=O. The molecule has 6 amide bonds. The van der Waals surface area contributed by atoms with Crippen LogP contribution >= 0.6 is 56.7 Å². The Kier molecular flexibility index (Phi) is 24.5. The van der Waals surface area contributed by atoms with Crippen LogP contribution in [0.4, 0.5) is 0 Å². The van der Waals surface area contributed by atoms with Crippen LogP contribution in [0.5, 0.6) is 5.75 Å². The van der Waals surface area contributed by atoms with Crippen molar-refractivity contribution in [3.05, 3.63) is 124 Å². The number of rotatable bonds is 19. The fourth-order valence-electron chi connectivity index (χ4n) is 12.8. The van der Waals surface area contributed by atoms with E-state index in [0.29, 0.717) is 0 Å². The van der Waals surface area contributed by atoms with Crippen LogP contribution in [-0.4, -0.2) is 224 Å². The number of hydrogen-bond acceptors (Lipinski definition) is 34. The average Bonchev–Trinajstić information content (AvgIpc) is 1.57. The normalized spacial score (nSPS) is 22.8. The number of likely N-dealkylation sites (N-methyl/N-ethyl adjacent to an activating group) is 1. The summed E-state index contributed by atoms with van der Waals surface area (Å²) in [7, 11) is -4.33. The van der Waals surface area contributed by atoms with Crippen molar-refractivity contribution < 1.29 is 113 Å². The number of amides is 6. The number of hydrogen-bond donors (Lipinski definition) is 10. The third-order valence-corrected chi connectivity index (χ3v) is 23.9. The molecule has 11 N–H and O–H groups in total. The van der Waals surface area contributed by atoms with Crippen molar-refractivity contribution in [3.8, 4) is 38.4 Å². The number of cyclic esters (lactones) is 2. The van der Waals surface area contributed by atoms with E-state index in [-0.39, 0.29) is 129 Å². The summed E-state index contributed by atoms with van der Waals surface area (Å²) in [6, 6.07) is 0.425. The number of aliphatic hydroxyl groups excluding tert-OH is 1. The second-order valence-electron chi connectivity index (χ2n) is 26.2. The van der Waals surface area contributed by atoms with Crippen LogP contribution in [-0.2, 0) is 76.3 Å². The molecule has 12 rings (SSSR count). The zero-order valence-electron chi connectivity index (χ0n) is 60.1. The molecule has 45 heteroatoms. The number of aliphatic hydroxyl groups is 2. The summed E-state index contributed by atoms with van der Waals surface area (Å²) in [6.07, 6.45) is -8.60. The quantitative estimate of drug-likeness (QED) is 0.0182. The standard InChI is InChI=1S/C67H72N14O24S7/c1-28(54(68)83)69-55(84)37-25-109-63(74-37)48-42(99-14-10-16-111(92,93)94)18-33-47(76-48)36-23-107-61(71-36)35-22-102-65(89)50-34-21-100-51(52(105-43-19-67(5,91)53(80(6)7)31(4)104-43)66(90)101-20-32-12-9-13-41(44(32)34)81(50)103-15-11-17-112(95,96)97)49(64-75-38(26-110-64)56(85)70-35)79-58(87)40-27-108-62(73-40)46(30(3)98-8)78-59(88)45(29(2)82)77-57(86)39-24-106-60(33)72-39/h9,12-13,18,23-27,29,31,35,43,45,49,51-53,82,91H,1,10-11,14-17,19-22H2,2-8H3,(H2,68,83)(H,69,84)(H,70,85)(H,77,86)(H,78,88)(H,79,87)(H,92,93,94)(H,95,96,97)/b46-30+/t29-,31+,35+,43+,45+,49+,51+,52+,53-,67+/m1/s1. The summed E-state index contributed by atoms with van der Waals surface area (Å²) in [6.45, 7) is 6.46. The van der Waals surface area contributed by atoms with Gasteiger partial charge in [0.1, 0.15) is 126 Å². The second kappa shape index (κ2) is 33.5. The number of allylic oxidation sites excluding steroid dienone is 1. The molecule has 0 aliphatic carbocycles. The maximum absolute atomic E-state index is 15.7. The fraction of sp³-hybridized carbons (Fsp3) is 0.403. The van der Waals surface area contributed by atoms with Crippen molar-refractivity contribution in [1.82, 2.24) is 66.1 Å². The van der Waals surface area contributed by atoms with E-state index < -0.39 is 184 Å². The maximum atomic E-state index is 15.7. The monoisotopic (exact) mass is 1680 g/mol. The van der Waals surface area contributed by atoms with Gasteiger partial charge in [0.15, 0.2) is 18.1 Å². The fourth-order valence-corrected chi connectivity index (χ4v) is 17.9. The number of nitrogens with two attached hydrogens (primary N) is 1. The smallest absolute Gasteiger partial charge is 0.358 e. The number of carbonyl (C=O) groups excluding carboxylic acids is 8. The lowest BCUT2D eigenvalue weighted by Crippen LogP contribution is -2.62. The molecule has 8 aromatic rings. The summed E-state index contributed by atoms with van der Waals surface area (Å²) in [5, 5.41) is 43.2. The van der Waals surface area contributed by atoms with Crippen molar-refractivity contribution >= 4 is 141 Å². The first-order valence-corrected chi connectivity index (χ1v) is 41.4. The number of thiazole rings is 5. The van der Waals surface area contributed by atoms with Crippen molar-refractivity contribution in [2.75, 3.05) is 52.5 Å². The van der Waals surface area contributed by atoms with E-state index in [1.165, 1.54) is 60.0 Å². The van der Waals surface area contributed by atoms with Crippen LogP contribution in [0.3, 0.4) is 0 Å². The number of ether oxygens (including phenoxy) is 7. The molecule has 4 aliphatic heterocycles. The molecule has 0 saturated carbocycles. The molecule has 1 fully saturated rings. The van der Waals surface area contributed by atoms with E-state index in [1.54, 1.807) is 45.0 Å². The first-order valence-electron chi connectivity index (χ1n) is 33.8. The molecule has 7 aromatic heterocycles. The zero-order valence-corrected chi connectivity index (χ0v) is 65.9. The van der Waals surface area contributed by atoms with Gasteiger partial charge < -0.3 is 85.4 Å². The predicted molar refractivity (Wildman–Crippen MR) is 400 cm³/mol. The van der Waals surface area contributed by atoms with Crippen molar-refractivity contribution in [2.45, 2.75) is 121 Å². The minimum Gasteiger partial charge on any atom is -0.499 e. The average molecular weight is 1680 g/mol. The number of nitrogens with zero attached hydrogens (tertiary/aromatic N) is 8. The summed E-state index contributed by atoms with van der Waals surface area (Å²) >= 11 is 4.23. The Labute approximate surface area is 656 Å². The molecule has 1 saturated heterocycles. The van der Waals surface area contributed by atoms with Gasteiger partial charge in [0.2, 0.25) is 5.91 Å². The number of primary amides is 1. The molecule has 38 nitrogen and oxygen atoms in total. The Morgan fingerprint density at radius 3 is 2.15 bits per heavy atom. The summed E-state index contributed by atoms with van der Waals surface area (Å²) in [5.41, 5.74) is 1.57. The van der Waals surface area contributed by atoms with Gasteiger partial charge >= 0.3 is 11.9 Å². The first kappa shape index (κ1) is 81.8. The topological polar surface area (TPSA) is 531 Å². The van der Waals surface area contributed by atoms with Gasteiger partial charge in [-0.3, -0.25) is 37.9 Å². The van der Waals surface area contributed by atoms with Crippen LogP contribution in [0.25, 0.3) is 49.3 Å². The Morgan fingerprint density at radius 2 is 1.46 bits per heavy atom. The highest BCUT2D eigenvalue weighted by Crippen LogP contribution is 2.44. The van der Waals surface area contributed by atoms with Gasteiger partial charge in [-0.05, 0) is 65.9 Å². The van der Waals surface area contributed by atoms with E-state index in [0.717, 1.165) is 61.4 Å². The molecule has 0 radical (unpaired) electrons. The number of carbonyl (C=O) groups is 8. The third kappa shape index (κ3) is 18.2. The van der Waals surface area contributed by atoms with Gasteiger partial charge in [-0.25, -0.2) is 39.5 Å². The van der Waals surface area contributed by atoms with E-state index in [9.17, 15) is 55.3 Å². The largest absolute Gasteiger partial charge is 0.499 e. The number of benzene rings is 1. The summed E-state index contributed by atoms with van der Waals surface area (Å²) in [5.74, 6) is -9.95. The van der Waals surface area contributed by atoms with Crippen LogP contribution < -0.4 is 41.9 Å². The number of methoxy groups -OCH3 is 1. The summed E-state index contributed by atoms with van der Waals surface area (Å²) in [4.78, 5) is 153. The molecule has 1 aromatic carbocycles. The predicted octanol–water partition coefficient (Wildman–Crippen LogP) is 3.31. The minimum absolute atomic E-state index is 0.00770. The molecule has 0 unspecified atom stereocenters. The van der Waals surface area contributed by atoms with Gasteiger partial charge in [0, 0.05) is 56.3 Å². The Hall–Kier alpha value is -9.72. The molecular formula is C67H72N14O24S7. The second-order valence-corrected chi connectivity index (χ2v) is 33.7. The molecule has 4 aliphatic rings. The molecular weight excluding hydrogens is 1610 g/mol. The van der Waals surface area contributed by atoms with Gasteiger partial charge in [-0.15, -0.1) is 56.7 Å². The van der Waals surface area contributed by atoms with Gasteiger partial charge in [0.25, 0.3) is 49.8 Å². The Balaban J connectivity index is 1.08. The highest BCUT2D eigenvalue weighted by atomic mass is 32.2. The van der Waals surface area contributed by atoms with Crippen molar-refractivity contribution in [2.24, 2.45) is 5.73 Å². The molecule has 112 heavy (non-hydrogen) atoms. The van der Waals surface area contributed by atoms with E-state index in [2.05, 4.69) is 48.1 Å². The molecule has 596 valence electrons. The number of pyridine rings is 1. The third-order valence-electron chi connectivity index (χ3n) is 17.9. The molecule has 10 atom stereocenters. The minimum atomic E-state index is -4.56. The van der Waals surface area contributed by atoms with Crippen LogP contribution in [0.2, 0.25) is 0 Å². The lowest BCUT2D eigenvalue weighted by atomic mass is 9.85. The molecule has 12 bridgehead atoms. The number of aromatic nitrogens is 7. The van der Waals surface area contributed by atoms with Gasteiger partial charge in [0.05, 0.1) is 66.9 Å². The van der Waals surface area contributed by atoms with Crippen LogP contribution in [0, 0.1) is 0 Å². The summed E-state index contributed by atoms with van der Waals surface area (Å²) < 4.78 is 113. The van der Waals surface area contributed by atoms with Gasteiger partial charge in [-0.1, -0.05) is 18.7 Å². The highest BCUT2D eigenvalue weighted by Gasteiger charge is 2.50. The zero-order chi connectivity index (χ0) is 80.6. The highest BCUT2D eigenvalue weighted by molar-refractivity contribution is 7.86. The maximum Gasteiger partial charge on any atom is 0.358 e. The number of esters is 2. The molecule has 11 heterocycles. The lowest BCUT2D eigenvalue weighted by Gasteiger charge is -2.48. The number of fused-ring (bicyclic) bond motifs is 15. The Morgan fingerprint density at radius 1 is 0.821 bits per heavy atom. The van der Waals surface area contributed by atoms with Gasteiger partial charge in [-0.2, -0.15) is 21.6 Å². The molecule has 0 spiro atoms. The van der Waals surface area contributed by atoms with E-state index in [4.69, 9.17) is 58.7 Å². The number of nitrogens with one attached hydrogen (secondary N) is 5. The Bertz CT molecular complexity index is 5320. The lowest BCUT2D eigenvalue weighted by molar-refractivity contribution is -0.280. The van der Waals surface area contributed by atoms with E-state index in [1.807, 2.05) is 0 Å². The van der Waals surface area contributed by atoms with E-state index >= 15 is 19.2 Å².